The molecule has 25 heavy (non-hydrogen) atoms. The first-order valence-corrected chi connectivity index (χ1v) is 6.70. The quantitative estimate of drug-likeness (QED) is 0.709. The molecule has 0 aliphatic carbocycles. The monoisotopic (exact) mass is 342 g/mol. The molecule has 0 saturated carbocycles. The smallest absolute Gasteiger partial charge is 0.244 e. The van der Waals surface area contributed by atoms with Gasteiger partial charge in [0, 0.05) is 5.56 Å². The van der Waals surface area contributed by atoms with Gasteiger partial charge in [0.2, 0.25) is 0 Å². The predicted octanol–water partition coefficient (Wildman–Crippen LogP) is 4.01. The van der Waals surface area contributed by atoms with Gasteiger partial charge in [-0.3, -0.25) is 0 Å². The summed E-state index contributed by atoms with van der Waals surface area (Å²) in [6.45, 7) is 0. The van der Waals surface area contributed by atoms with Crippen molar-refractivity contribution in [3.05, 3.63) is 96.2 Å². The summed E-state index contributed by atoms with van der Waals surface area (Å²) < 4.78 is 121. The van der Waals surface area contributed by atoms with Crippen LogP contribution in [0, 0.1) is 0 Å². The van der Waals surface area contributed by atoms with Crippen molar-refractivity contribution in [3.63, 3.8) is 0 Å². The van der Waals surface area contributed by atoms with Crippen LogP contribution in [-0.4, -0.2) is 11.9 Å². The Kier molecular flexibility index (Phi) is 1.49. The minimum atomic E-state index is -1.45. The summed E-state index contributed by atoms with van der Waals surface area (Å²) in [5.74, 6) is -0.810. The van der Waals surface area contributed by atoms with Crippen molar-refractivity contribution in [1.82, 2.24) is 5.43 Å². The number of anilines is 2. The van der Waals surface area contributed by atoms with E-state index < -0.39 is 119 Å². The van der Waals surface area contributed by atoms with Crippen LogP contribution < -0.4 is 15.4 Å². The van der Waals surface area contributed by atoms with Crippen molar-refractivity contribution in [2.24, 2.45) is 5.10 Å². The summed E-state index contributed by atoms with van der Waals surface area (Å²) in [5.41, 5.74) is 1.55. The van der Waals surface area contributed by atoms with Gasteiger partial charge in [-0.25, -0.2) is 4.79 Å². The summed E-state index contributed by atoms with van der Waals surface area (Å²) in [7, 11) is 0. The number of carbonyl (C=O) groups is 1. The fraction of sp³-hybridized carbons (Fsp3) is 0. The van der Waals surface area contributed by atoms with Crippen molar-refractivity contribution in [1.29, 1.82) is 0 Å². The molecule has 1 heterocycles. The number of amides is 2. The molecule has 0 unspecified atom stereocenters. The first-order valence-electron chi connectivity index (χ1n) is 14.2. The van der Waals surface area contributed by atoms with E-state index in [1.165, 1.54) is 0 Å². The number of para-hydroxylation sites is 2. The topological polar surface area (TPSA) is 50.0 Å². The lowest BCUT2D eigenvalue weighted by Crippen LogP contribution is -2.52. The molecule has 0 N–H and O–H groups in total. The molecule has 1 radical (unpaired) electrons. The number of urea groups is 1. The molecule has 3 aromatic rings. The molecule has 0 aromatic heterocycles. The van der Waals surface area contributed by atoms with Gasteiger partial charge in [-0.05, 0) is 24.2 Å². The lowest BCUT2D eigenvalue weighted by atomic mass is 10.2. The standard InChI is InChI=1S/C20H15N4O/c25-20-23(17-12-6-2-7-13-17)21-19(16-10-4-1-5-11-16)22-24(20)18-14-8-3-9-15-18/h1-15H/i1D,2D,3D,4D,5D,6D,7D,8D,9D,10D,11D,12D,13D,14D,15D. The van der Waals surface area contributed by atoms with Gasteiger partial charge in [0.05, 0.1) is 31.9 Å². The largest absolute Gasteiger partial charge is 0.370 e. The summed E-state index contributed by atoms with van der Waals surface area (Å²) in [5, 5.41) is 4.35. The molecule has 0 bridgehead atoms. The van der Waals surface area contributed by atoms with E-state index >= 15 is 0 Å². The second-order valence-electron chi connectivity index (χ2n) is 4.38. The Hall–Kier alpha value is -3.60. The molecule has 1 aliphatic rings. The molecule has 121 valence electrons. The zero-order valence-electron chi connectivity index (χ0n) is 27.2. The predicted molar refractivity (Wildman–Crippen MR) is 98.4 cm³/mol. The third-order valence-corrected chi connectivity index (χ3v) is 2.87. The maximum Gasteiger partial charge on any atom is 0.370 e. The Labute approximate surface area is 166 Å². The summed E-state index contributed by atoms with van der Waals surface area (Å²) in [4.78, 5) is 13.7. The first-order chi connectivity index (χ1) is 18.5. The third kappa shape index (κ3) is 2.95. The van der Waals surface area contributed by atoms with Gasteiger partial charge >= 0.3 is 6.03 Å². The van der Waals surface area contributed by atoms with Crippen molar-refractivity contribution in [3.8, 4) is 0 Å². The molecule has 2 amide bonds. The van der Waals surface area contributed by atoms with Crippen LogP contribution in [0.1, 0.15) is 26.1 Å². The molecule has 5 nitrogen and oxygen atoms in total. The number of benzene rings is 3. The minimum absolute atomic E-state index is 0.240. The zero-order chi connectivity index (χ0) is 30.1. The van der Waals surface area contributed by atoms with Crippen LogP contribution in [0.5, 0.6) is 0 Å². The number of carbonyl (C=O) groups excluding carboxylic acids is 1. The molecular formula is C20H15N4O. The van der Waals surface area contributed by atoms with Crippen LogP contribution in [0.3, 0.4) is 0 Å². The normalized spacial score (nSPS) is 22.5. The van der Waals surface area contributed by atoms with Crippen LogP contribution >= 0.6 is 0 Å². The minimum Gasteiger partial charge on any atom is -0.244 e. The average Bonchev–Trinajstić information content (AvgIpc) is 2.92. The van der Waals surface area contributed by atoms with Crippen LogP contribution in [0.15, 0.2) is 95.7 Å². The average molecular weight is 342 g/mol. The van der Waals surface area contributed by atoms with E-state index in [1.807, 2.05) is 0 Å². The Morgan fingerprint density at radius 1 is 0.680 bits per heavy atom. The van der Waals surface area contributed by atoms with E-state index in [-0.39, 0.29) is 10.0 Å². The lowest BCUT2D eigenvalue weighted by molar-refractivity contribution is 0.249. The van der Waals surface area contributed by atoms with Gasteiger partial charge in [-0.2, -0.15) is 10.0 Å². The fourth-order valence-corrected chi connectivity index (χ4v) is 1.84. The van der Waals surface area contributed by atoms with Crippen molar-refractivity contribution >= 4 is 23.2 Å². The molecule has 0 spiro atoms. The van der Waals surface area contributed by atoms with Crippen molar-refractivity contribution in [2.45, 2.75) is 0 Å². The highest BCUT2D eigenvalue weighted by atomic mass is 16.2. The van der Waals surface area contributed by atoms with Gasteiger partial charge < -0.3 is 0 Å². The maximum atomic E-state index is 13.7. The van der Waals surface area contributed by atoms with E-state index in [4.69, 9.17) is 20.6 Å². The van der Waals surface area contributed by atoms with Gasteiger partial charge in [-0.15, -0.1) is 10.5 Å². The maximum absolute atomic E-state index is 13.7. The number of hydrogen-bond acceptors (Lipinski definition) is 2. The van der Waals surface area contributed by atoms with Crippen LogP contribution in [0.25, 0.3) is 0 Å². The lowest BCUT2D eigenvalue weighted by Gasteiger charge is -2.31. The number of hydrazone groups is 1. The van der Waals surface area contributed by atoms with Crippen LogP contribution in [-0.2, 0) is 0 Å². The van der Waals surface area contributed by atoms with E-state index in [0.29, 0.717) is 0 Å². The molecule has 1 aliphatic heterocycles. The Balaban J connectivity index is 2.11. The van der Waals surface area contributed by atoms with Gasteiger partial charge in [0.1, 0.15) is 0 Å². The molecule has 0 saturated heterocycles. The molecule has 0 atom stereocenters. The number of amidine groups is 1. The highest BCUT2D eigenvalue weighted by Gasteiger charge is 2.32. The van der Waals surface area contributed by atoms with E-state index in [2.05, 4.69) is 10.5 Å². The summed E-state index contributed by atoms with van der Waals surface area (Å²) in [6, 6.07) is -14.2. The molecule has 5 heteroatoms. The zero-order valence-corrected chi connectivity index (χ0v) is 12.2. The van der Waals surface area contributed by atoms with Gasteiger partial charge in [0.25, 0.3) is 0 Å². The number of nitrogens with zero attached hydrogens (tertiary/aromatic N) is 4. The SMILES string of the molecule is [2H]c1c([2H])c([2H])c(C2=NN(c3c([2H])c([2H])c([2H])c([2H])c3[2H])C(=O)N(c3c([2H])c([2H])c([2H])c([2H])c3[2H])[N]2)c([2H])c1[2H]. The summed E-state index contributed by atoms with van der Waals surface area (Å²) in [6.07, 6.45) is 0. The van der Waals surface area contributed by atoms with E-state index in [0.717, 1.165) is 0 Å². The molecule has 3 aromatic carbocycles. The van der Waals surface area contributed by atoms with Crippen molar-refractivity contribution in [2.75, 3.05) is 10.0 Å². The summed E-state index contributed by atoms with van der Waals surface area (Å²) >= 11 is 0. The van der Waals surface area contributed by atoms with Crippen molar-refractivity contribution < 1.29 is 25.4 Å². The highest BCUT2D eigenvalue weighted by Crippen LogP contribution is 2.24. The third-order valence-electron chi connectivity index (χ3n) is 2.87. The number of rotatable bonds is 3. The van der Waals surface area contributed by atoms with Crippen LogP contribution in [0.4, 0.5) is 16.2 Å². The molecular weight excluding hydrogens is 312 g/mol. The highest BCUT2D eigenvalue weighted by molar-refractivity contribution is 6.12. The Morgan fingerprint density at radius 2 is 1.16 bits per heavy atom. The van der Waals surface area contributed by atoms with Crippen LogP contribution in [0.2, 0.25) is 0 Å². The van der Waals surface area contributed by atoms with E-state index in [9.17, 15) is 4.79 Å². The van der Waals surface area contributed by atoms with Gasteiger partial charge in [0.15, 0.2) is 5.84 Å². The second-order valence-corrected chi connectivity index (χ2v) is 4.38. The number of hydrogen-bond donors (Lipinski definition) is 0. The Morgan fingerprint density at radius 3 is 1.72 bits per heavy atom. The molecule has 4 rings (SSSR count). The Bertz CT molecular complexity index is 1590. The molecule has 0 fully saturated rings. The second kappa shape index (κ2) is 6.49. The first kappa shape index (κ1) is 5.74. The van der Waals surface area contributed by atoms with E-state index in [1.54, 1.807) is 0 Å². The van der Waals surface area contributed by atoms with Gasteiger partial charge in [-0.1, -0.05) is 66.5 Å². The fourth-order valence-electron chi connectivity index (χ4n) is 1.84.